The van der Waals surface area contributed by atoms with Gasteiger partial charge < -0.3 is 10.3 Å². The summed E-state index contributed by atoms with van der Waals surface area (Å²) in [6, 6.07) is 18.4. The largest absolute Gasteiger partial charge is 0.348 e. The Balaban J connectivity index is 1.25. The third-order valence-electron chi connectivity index (χ3n) is 9.05. The third kappa shape index (κ3) is 4.73. The summed E-state index contributed by atoms with van der Waals surface area (Å²) in [5, 5.41) is 21.7. The van der Waals surface area contributed by atoms with E-state index in [4.69, 9.17) is 10.1 Å². The molecule has 0 spiro atoms. The smallest absolute Gasteiger partial charge is 0.270 e. The Morgan fingerprint density at radius 1 is 1.13 bits per heavy atom. The number of nitrogens with zero attached hydrogens (tertiary/aromatic N) is 7. The fourth-order valence-corrected chi connectivity index (χ4v) is 6.42. The molecule has 45 heavy (non-hydrogen) atoms. The number of hydrogen-bond donors (Lipinski definition) is 2. The van der Waals surface area contributed by atoms with Crippen molar-refractivity contribution in [3.63, 3.8) is 0 Å². The number of aromatic nitrogens is 7. The van der Waals surface area contributed by atoms with E-state index in [0.29, 0.717) is 18.0 Å². The number of rotatable bonds is 7. The van der Waals surface area contributed by atoms with Crippen LogP contribution in [0, 0.1) is 17.2 Å². The summed E-state index contributed by atoms with van der Waals surface area (Å²) in [5.41, 5.74) is 4.61. The number of nitriles is 1. The average Bonchev–Trinajstić information content (AvgIpc) is 3.59. The molecule has 1 amide bonds. The van der Waals surface area contributed by atoms with E-state index in [0.717, 1.165) is 67.7 Å². The summed E-state index contributed by atoms with van der Waals surface area (Å²) >= 11 is 0. The monoisotopic (exact) mass is 591 g/mol. The quantitative estimate of drug-likeness (QED) is 0.286. The third-order valence-corrected chi connectivity index (χ3v) is 9.05. The molecule has 1 fully saturated rings. The SMILES string of the molecule is C[C@H](NC(=O)c1ccc(C2=c3cc4ccccc4nc3=CC(CC#N)(n3cc(-c4ncnc5[nH]ccc45)cn3)C2)cn1)C1CC1. The van der Waals surface area contributed by atoms with Gasteiger partial charge in [0.2, 0.25) is 0 Å². The zero-order valence-electron chi connectivity index (χ0n) is 24.6. The Kier molecular flexibility index (Phi) is 6.27. The number of nitrogens with one attached hydrogen (secondary N) is 2. The molecule has 5 aromatic heterocycles. The standard InChI is InChI=1S/C35H29N9O/c1-21(22-6-7-22)42-34(45)30-9-8-24(17-38-30)28-15-35(11-12-36,16-31-27(28)14-23-4-2-3-5-29(23)43-31)44-19-25(18-41-44)32-26-10-13-37-33(26)40-20-39-32/h2-5,8-10,13-14,16-22H,6-7,11,15H2,1H3,(H,42,45)(H,37,39,40)/t21-,35?/m0/s1. The van der Waals surface area contributed by atoms with Gasteiger partial charge in [-0.3, -0.25) is 14.5 Å². The number of carbonyl (C=O) groups is 1. The first kappa shape index (κ1) is 26.9. The first-order valence-electron chi connectivity index (χ1n) is 15.1. The van der Waals surface area contributed by atoms with E-state index < -0.39 is 5.54 Å². The summed E-state index contributed by atoms with van der Waals surface area (Å²) in [6.07, 6.45) is 13.9. The number of H-pyrrole nitrogens is 1. The molecule has 0 aliphatic heterocycles. The highest BCUT2D eigenvalue weighted by atomic mass is 16.1. The average molecular weight is 592 g/mol. The maximum atomic E-state index is 12.9. The molecule has 1 saturated carbocycles. The lowest BCUT2D eigenvalue weighted by molar-refractivity contribution is 0.0930. The lowest BCUT2D eigenvalue weighted by Gasteiger charge is -2.32. The van der Waals surface area contributed by atoms with E-state index in [1.807, 2.05) is 60.4 Å². The maximum absolute atomic E-state index is 12.9. The summed E-state index contributed by atoms with van der Waals surface area (Å²) in [5.74, 6) is 0.390. The van der Waals surface area contributed by atoms with E-state index in [2.05, 4.69) is 43.5 Å². The minimum Gasteiger partial charge on any atom is -0.348 e. The van der Waals surface area contributed by atoms with Crippen LogP contribution in [-0.4, -0.2) is 46.6 Å². The number of aromatic amines is 1. The molecule has 2 N–H and O–H groups in total. The molecule has 5 heterocycles. The molecular weight excluding hydrogens is 562 g/mol. The number of benzene rings is 1. The number of pyridine rings is 2. The highest BCUT2D eigenvalue weighted by Gasteiger charge is 2.36. The van der Waals surface area contributed by atoms with E-state index in [1.165, 1.54) is 6.33 Å². The molecule has 0 bridgehead atoms. The highest BCUT2D eigenvalue weighted by molar-refractivity contribution is 5.93. The lowest BCUT2D eigenvalue weighted by Crippen LogP contribution is -2.44. The topological polar surface area (TPSA) is 138 Å². The summed E-state index contributed by atoms with van der Waals surface area (Å²) in [4.78, 5) is 34.6. The van der Waals surface area contributed by atoms with Crippen LogP contribution < -0.4 is 15.9 Å². The van der Waals surface area contributed by atoms with E-state index in [-0.39, 0.29) is 18.4 Å². The Morgan fingerprint density at radius 3 is 2.84 bits per heavy atom. The Bertz CT molecular complexity index is 2270. The van der Waals surface area contributed by atoms with Gasteiger partial charge >= 0.3 is 0 Å². The van der Waals surface area contributed by atoms with Crippen LogP contribution in [0.1, 0.15) is 48.7 Å². The highest BCUT2D eigenvalue weighted by Crippen LogP contribution is 2.37. The molecule has 10 nitrogen and oxygen atoms in total. The summed E-state index contributed by atoms with van der Waals surface area (Å²) in [6.45, 7) is 2.05. The van der Waals surface area contributed by atoms with Gasteiger partial charge in [-0.05, 0) is 67.2 Å². The van der Waals surface area contributed by atoms with Crippen LogP contribution in [0.5, 0.6) is 0 Å². The molecule has 6 aromatic rings. The molecule has 1 aromatic carbocycles. The predicted octanol–water partition coefficient (Wildman–Crippen LogP) is 3.99. The van der Waals surface area contributed by atoms with Crippen LogP contribution in [-0.2, 0) is 5.54 Å². The first-order chi connectivity index (χ1) is 22.0. The van der Waals surface area contributed by atoms with Crippen LogP contribution in [0.3, 0.4) is 0 Å². The minimum absolute atomic E-state index is 0.134. The zero-order chi connectivity index (χ0) is 30.5. The summed E-state index contributed by atoms with van der Waals surface area (Å²) in [7, 11) is 0. The van der Waals surface area contributed by atoms with Crippen molar-refractivity contribution in [3.8, 4) is 17.3 Å². The maximum Gasteiger partial charge on any atom is 0.270 e. The van der Waals surface area contributed by atoms with Gasteiger partial charge in [0.1, 0.15) is 23.2 Å². The molecule has 2 aliphatic carbocycles. The molecule has 1 unspecified atom stereocenters. The molecule has 0 radical (unpaired) electrons. The first-order valence-corrected chi connectivity index (χ1v) is 15.1. The number of carbonyl (C=O) groups excluding carboxylic acids is 1. The van der Waals surface area contributed by atoms with E-state index in [1.54, 1.807) is 18.5 Å². The van der Waals surface area contributed by atoms with Gasteiger partial charge in [0, 0.05) is 52.6 Å². The Labute approximate surface area is 258 Å². The predicted molar refractivity (Wildman–Crippen MR) is 170 cm³/mol. The fraction of sp³-hybridized carbons (Fsp3) is 0.229. The van der Waals surface area contributed by atoms with Crippen molar-refractivity contribution in [1.82, 2.24) is 40.0 Å². The van der Waals surface area contributed by atoms with Crippen LogP contribution in [0.2, 0.25) is 0 Å². The van der Waals surface area contributed by atoms with Gasteiger partial charge in [0.25, 0.3) is 5.91 Å². The van der Waals surface area contributed by atoms with Crippen LogP contribution in [0.4, 0.5) is 0 Å². The van der Waals surface area contributed by atoms with Crippen LogP contribution >= 0.6 is 0 Å². The second-order valence-electron chi connectivity index (χ2n) is 12.0. The number of hydrogen-bond acceptors (Lipinski definition) is 7. The molecular formula is C35H29N9O. The van der Waals surface area contributed by atoms with Gasteiger partial charge in [0.15, 0.2) is 0 Å². The molecule has 0 saturated heterocycles. The number of amides is 1. The zero-order valence-corrected chi connectivity index (χ0v) is 24.6. The van der Waals surface area contributed by atoms with Gasteiger partial charge in [0.05, 0.1) is 35.2 Å². The van der Waals surface area contributed by atoms with Gasteiger partial charge in [-0.25, -0.2) is 15.0 Å². The van der Waals surface area contributed by atoms with Crippen molar-refractivity contribution >= 4 is 39.5 Å². The molecule has 10 heteroatoms. The second-order valence-corrected chi connectivity index (χ2v) is 12.0. The Hall–Kier alpha value is -5.69. The minimum atomic E-state index is -0.829. The molecule has 2 aliphatic rings. The van der Waals surface area contributed by atoms with Crippen molar-refractivity contribution in [2.45, 2.75) is 44.2 Å². The van der Waals surface area contributed by atoms with Crippen LogP contribution in [0.25, 0.3) is 44.8 Å². The van der Waals surface area contributed by atoms with Crippen LogP contribution in [0.15, 0.2) is 79.6 Å². The lowest BCUT2D eigenvalue weighted by atomic mass is 9.81. The van der Waals surface area contributed by atoms with Crippen molar-refractivity contribution < 1.29 is 4.79 Å². The second kappa shape index (κ2) is 10.5. The van der Waals surface area contributed by atoms with Gasteiger partial charge in [-0.1, -0.05) is 24.3 Å². The number of para-hydroxylation sites is 1. The molecule has 8 rings (SSSR count). The van der Waals surface area contributed by atoms with Gasteiger partial charge in [-0.15, -0.1) is 0 Å². The Morgan fingerprint density at radius 2 is 2.02 bits per heavy atom. The van der Waals surface area contributed by atoms with Gasteiger partial charge in [-0.2, -0.15) is 10.4 Å². The van der Waals surface area contributed by atoms with Crippen molar-refractivity contribution in [1.29, 1.82) is 5.26 Å². The number of fused-ring (bicyclic) bond motifs is 3. The van der Waals surface area contributed by atoms with E-state index in [9.17, 15) is 10.1 Å². The van der Waals surface area contributed by atoms with E-state index >= 15 is 0 Å². The molecule has 220 valence electrons. The van der Waals surface area contributed by atoms with Crippen molar-refractivity contribution in [3.05, 3.63) is 101 Å². The molecule has 2 atom stereocenters. The normalized spacial score (nSPS) is 18.3. The summed E-state index contributed by atoms with van der Waals surface area (Å²) < 4.78 is 1.86. The van der Waals surface area contributed by atoms with Crippen molar-refractivity contribution in [2.24, 2.45) is 5.92 Å². The fourth-order valence-electron chi connectivity index (χ4n) is 6.42. The van der Waals surface area contributed by atoms with Crippen molar-refractivity contribution in [2.75, 3.05) is 0 Å².